The van der Waals surface area contributed by atoms with Gasteiger partial charge in [0.05, 0.1) is 12.0 Å². The van der Waals surface area contributed by atoms with Gasteiger partial charge in [0, 0.05) is 12.5 Å². The van der Waals surface area contributed by atoms with Crippen molar-refractivity contribution in [3.8, 4) is 0 Å². The monoisotopic (exact) mass is 279 g/mol. The third kappa shape index (κ3) is 3.33. The first-order chi connectivity index (χ1) is 9.61. The van der Waals surface area contributed by atoms with E-state index in [1.54, 1.807) is 12.1 Å². The first-order valence-electron chi connectivity index (χ1n) is 6.59. The molecule has 2 N–H and O–H groups in total. The van der Waals surface area contributed by atoms with Crippen LogP contribution in [0.4, 0.5) is 10.2 Å². The minimum Gasteiger partial charge on any atom is -0.467 e. The Morgan fingerprint density at radius 2 is 2.25 bits per heavy atom. The Hall–Kier alpha value is -1.95. The molecule has 0 aliphatic carbocycles. The Kier molecular flexibility index (Phi) is 4.68. The number of aryl methyl sites for hydroxylation is 1. The molecule has 6 heteroatoms. The maximum Gasteiger partial charge on any atom is 0.186 e. The lowest BCUT2D eigenvalue weighted by Crippen LogP contribution is -2.20. The molecule has 0 amide bonds. The molecule has 20 heavy (non-hydrogen) atoms. The molecule has 0 aliphatic rings. The number of nitrogens with zero attached hydrogens (tertiary/aromatic N) is 2. The van der Waals surface area contributed by atoms with E-state index in [0.29, 0.717) is 24.3 Å². The average molecular weight is 279 g/mol. The molecule has 0 bridgehead atoms. The number of aromatic nitrogens is 2. The molecule has 0 radical (unpaired) electrons. The molecular weight excluding hydrogens is 261 g/mol. The van der Waals surface area contributed by atoms with Crippen molar-refractivity contribution >= 4 is 5.82 Å². The first kappa shape index (κ1) is 14.5. The fourth-order valence-electron chi connectivity index (χ4n) is 1.98. The number of aliphatic hydroxyl groups excluding tert-OH is 1. The van der Waals surface area contributed by atoms with Crippen molar-refractivity contribution in [1.29, 1.82) is 0 Å². The van der Waals surface area contributed by atoms with Crippen LogP contribution in [-0.4, -0.2) is 21.1 Å². The number of halogens is 1. The summed E-state index contributed by atoms with van der Waals surface area (Å²) in [6.07, 6.45) is 3.00. The van der Waals surface area contributed by atoms with E-state index in [1.807, 2.05) is 13.8 Å². The molecular formula is C14H18FN3O2. The van der Waals surface area contributed by atoms with Crippen molar-refractivity contribution in [3.05, 3.63) is 42.0 Å². The van der Waals surface area contributed by atoms with Gasteiger partial charge in [-0.3, -0.25) is 0 Å². The minimum absolute atomic E-state index is 0.163. The molecule has 2 heterocycles. The predicted octanol–water partition coefficient (Wildman–Crippen LogP) is 2.70. The number of nitrogens with one attached hydrogen (secondary N) is 1. The quantitative estimate of drug-likeness (QED) is 0.850. The molecule has 2 unspecified atom stereocenters. The number of anilines is 1. The van der Waals surface area contributed by atoms with Gasteiger partial charge in [-0.05, 0) is 25.5 Å². The van der Waals surface area contributed by atoms with E-state index in [2.05, 4.69) is 15.3 Å². The standard InChI is InChI=1S/C14H18FN3O2/c1-3-10-13(15)14(17-8-16-10)18-9(2)7-11(19)12-5-4-6-20-12/h4-6,8-9,11,19H,3,7H2,1-2H3,(H,16,17,18). The summed E-state index contributed by atoms with van der Waals surface area (Å²) in [7, 11) is 0. The van der Waals surface area contributed by atoms with E-state index in [4.69, 9.17) is 4.42 Å². The van der Waals surface area contributed by atoms with E-state index in [1.165, 1.54) is 12.6 Å². The van der Waals surface area contributed by atoms with E-state index >= 15 is 0 Å². The SMILES string of the molecule is CCc1ncnc(NC(C)CC(O)c2ccco2)c1F. The fourth-order valence-corrected chi connectivity index (χ4v) is 1.98. The summed E-state index contributed by atoms with van der Waals surface area (Å²) in [5, 5.41) is 12.9. The van der Waals surface area contributed by atoms with Gasteiger partial charge in [-0.1, -0.05) is 6.92 Å². The van der Waals surface area contributed by atoms with Crippen molar-refractivity contribution in [1.82, 2.24) is 9.97 Å². The molecule has 0 aromatic carbocycles. The Balaban J connectivity index is 1.99. The number of furan rings is 1. The average Bonchev–Trinajstić information content (AvgIpc) is 2.95. The number of rotatable bonds is 6. The van der Waals surface area contributed by atoms with Crippen LogP contribution in [-0.2, 0) is 6.42 Å². The van der Waals surface area contributed by atoms with Gasteiger partial charge < -0.3 is 14.8 Å². The van der Waals surface area contributed by atoms with Gasteiger partial charge in [0.2, 0.25) is 0 Å². The summed E-state index contributed by atoms with van der Waals surface area (Å²) >= 11 is 0. The lowest BCUT2D eigenvalue weighted by molar-refractivity contribution is 0.136. The van der Waals surface area contributed by atoms with Crippen molar-refractivity contribution < 1.29 is 13.9 Å². The topological polar surface area (TPSA) is 71.2 Å². The third-order valence-corrected chi connectivity index (χ3v) is 3.03. The summed E-state index contributed by atoms with van der Waals surface area (Å²) in [5.41, 5.74) is 0.376. The zero-order chi connectivity index (χ0) is 14.5. The normalized spacial score (nSPS) is 14.0. The second-order valence-corrected chi connectivity index (χ2v) is 4.65. The van der Waals surface area contributed by atoms with E-state index in [0.717, 1.165) is 0 Å². The van der Waals surface area contributed by atoms with Crippen LogP contribution < -0.4 is 5.32 Å². The summed E-state index contributed by atoms with van der Waals surface area (Å²) in [5.74, 6) is 0.224. The molecule has 2 aromatic heterocycles. The Bertz CT molecular complexity index is 545. The molecule has 2 aromatic rings. The minimum atomic E-state index is -0.733. The molecule has 0 spiro atoms. The maximum absolute atomic E-state index is 14.0. The molecule has 0 saturated heterocycles. The smallest absolute Gasteiger partial charge is 0.186 e. The van der Waals surface area contributed by atoms with Gasteiger partial charge in [0.15, 0.2) is 11.6 Å². The number of hydrogen-bond donors (Lipinski definition) is 2. The molecule has 2 rings (SSSR count). The highest BCUT2D eigenvalue weighted by Crippen LogP contribution is 2.21. The van der Waals surface area contributed by atoms with E-state index in [9.17, 15) is 9.50 Å². The van der Waals surface area contributed by atoms with Crippen molar-refractivity contribution in [2.24, 2.45) is 0 Å². The molecule has 5 nitrogen and oxygen atoms in total. The highest BCUT2D eigenvalue weighted by Gasteiger charge is 2.17. The molecule has 2 atom stereocenters. The van der Waals surface area contributed by atoms with Crippen LogP contribution in [0.1, 0.15) is 37.8 Å². The van der Waals surface area contributed by atoms with Crippen LogP contribution >= 0.6 is 0 Å². The van der Waals surface area contributed by atoms with Crippen LogP contribution in [0.25, 0.3) is 0 Å². The first-order valence-corrected chi connectivity index (χ1v) is 6.59. The van der Waals surface area contributed by atoms with Crippen LogP contribution in [0.15, 0.2) is 29.1 Å². The molecule has 108 valence electrons. The van der Waals surface area contributed by atoms with E-state index in [-0.39, 0.29) is 11.9 Å². The van der Waals surface area contributed by atoms with Crippen molar-refractivity contribution in [2.75, 3.05) is 5.32 Å². The predicted molar refractivity (Wildman–Crippen MR) is 72.7 cm³/mol. The van der Waals surface area contributed by atoms with Crippen LogP contribution in [0.5, 0.6) is 0 Å². The van der Waals surface area contributed by atoms with Gasteiger partial charge in [-0.2, -0.15) is 0 Å². The molecule has 0 saturated carbocycles. The highest BCUT2D eigenvalue weighted by molar-refractivity contribution is 5.38. The summed E-state index contributed by atoms with van der Waals surface area (Å²) in [6.45, 7) is 3.68. The van der Waals surface area contributed by atoms with Crippen molar-refractivity contribution in [2.45, 2.75) is 38.8 Å². The summed E-state index contributed by atoms with van der Waals surface area (Å²) < 4.78 is 19.1. The van der Waals surface area contributed by atoms with Crippen LogP contribution in [0.3, 0.4) is 0 Å². The van der Waals surface area contributed by atoms with Gasteiger partial charge in [0.25, 0.3) is 0 Å². The Morgan fingerprint density at radius 3 is 2.90 bits per heavy atom. The third-order valence-electron chi connectivity index (χ3n) is 3.03. The fraction of sp³-hybridized carbons (Fsp3) is 0.429. The Morgan fingerprint density at radius 1 is 1.45 bits per heavy atom. The van der Waals surface area contributed by atoms with Gasteiger partial charge >= 0.3 is 0 Å². The van der Waals surface area contributed by atoms with Crippen molar-refractivity contribution in [3.63, 3.8) is 0 Å². The van der Waals surface area contributed by atoms with Crippen LogP contribution in [0.2, 0.25) is 0 Å². The number of aliphatic hydroxyl groups is 1. The Labute approximate surface area is 116 Å². The lowest BCUT2D eigenvalue weighted by atomic mass is 10.1. The highest BCUT2D eigenvalue weighted by atomic mass is 19.1. The van der Waals surface area contributed by atoms with Gasteiger partial charge in [0.1, 0.15) is 18.2 Å². The zero-order valence-corrected chi connectivity index (χ0v) is 11.5. The zero-order valence-electron chi connectivity index (χ0n) is 11.5. The number of hydrogen-bond acceptors (Lipinski definition) is 5. The maximum atomic E-state index is 14.0. The lowest BCUT2D eigenvalue weighted by Gasteiger charge is -2.17. The summed E-state index contributed by atoms with van der Waals surface area (Å²) in [6, 6.07) is 3.26. The second-order valence-electron chi connectivity index (χ2n) is 4.65. The van der Waals surface area contributed by atoms with E-state index < -0.39 is 11.9 Å². The van der Waals surface area contributed by atoms with Gasteiger partial charge in [-0.25, -0.2) is 14.4 Å². The summed E-state index contributed by atoms with van der Waals surface area (Å²) in [4.78, 5) is 7.77. The second kappa shape index (κ2) is 6.47. The van der Waals surface area contributed by atoms with Crippen LogP contribution in [0, 0.1) is 5.82 Å². The molecule has 0 aliphatic heterocycles. The molecule has 0 fully saturated rings. The van der Waals surface area contributed by atoms with Gasteiger partial charge in [-0.15, -0.1) is 0 Å². The largest absolute Gasteiger partial charge is 0.467 e.